The quantitative estimate of drug-likeness (QED) is 0.829. The lowest BCUT2D eigenvalue weighted by Gasteiger charge is -2.45. The summed E-state index contributed by atoms with van der Waals surface area (Å²) in [6.45, 7) is 3.33. The van der Waals surface area contributed by atoms with Crippen LogP contribution >= 0.6 is 0 Å². The van der Waals surface area contributed by atoms with Crippen LogP contribution in [0.2, 0.25) is 0 Å². The van der Waals surface area contributed by atoms with Gasteiger partial charge in [0.25, 0.3) is 0 Å². The maximum atomic E-state index is 12.7. The van der Waals surface area contributed by atoms with E-state index in [1.165, 1.54) is 0 Å². The van der Waals surface area contributed by atoms with Crippen molar-refractivity contribution in [2.24, 2.45) is 0 Å². The fraction of sp³-hybridized carbons (Fsp3) is 0.556. The summed E-state index contributed by atoms with van der Waals surface area (Å²) in [6.07, 6.45) is 1.10. The fourth-order valence-electron chi connectivity index (χ4n) is 3.49. The summed E-state index contributed by atoms with van der Waals surface area (Å²) < 4.78 is 11.0. The number of likely N-dealkylation sites (tertiary alicyclic amines) is 1. The summed E-state index contributed by atoms with van der Waals surface area (Å²) >= 11 is 0. The zero-order chi connectivity index (χ0) is 17.3. The molecule has 0 radical (unpaired) electrons. The number of aryl methyl sites for hydroxylation is 1. The van der Waals surface area contributed by atoms with Crippen LogP contribution < -0.4 is 4.74 Å². The molecule has 2 aliphatic rings. The molecule has 0 bridgehead atoms. The van der Waals surface area contributed by atoms with Crippen molar-refractivity contribution in [3.8, 4) is 5.75 Å². The molecule has 0 N–H and O–H groups in total. The molecule has 0 saturated carbocycles. The molecule has 0 aromatic heterocycles. The van der Waals surface area contributed by atoms with Gasteiger partial charge in [0.1, 0.15) is 12.4 Å². The molecule has 6 nitrogen and oxygen atoms in total. The zero-order valence-electron chi connectivity index (χ0n) is 14.4. The molecule has 0 aliphatic carbocycles. The van der Waals surface area contributed by atoms with Crippen LogP contribution in [-0.4, -0.2) is 67.6 Å². The van der Waals surface area contributed by atoms with Crippen molar-refractivity contribution >= 4 is 11.8 Å². The first-order valence-corrected chi connectivity index (χ1v) is 8.28. The Morgan fingerprint density at radius 2 is 2.21 bits per heavy atom. The van der Waals surface area contributed by atoms with Gasteiger partial charge in [-0.2, -0.15) is 0 Å². The monoisotopic (exact) mass is 332 g/mol. The minimum atomic E-state index is -0.0524. The lowest BCUT2D eigenvalue weighted by Crippen LogP contribution is -2.61. The average Bonchev–Trinajstić information content (AvgIpc) is 2.58. The van der Waals surface area contributed by atoms with Gasteiger partial charge in [-0.25, -0.2) is 0 Å². The highest BCUT2D eigenvalue weighted by Gasteiger charge is 2.39. The Hall–Kier alpha value is -2.08. The summed E-state index contributed by atoms with van der Waals surface area (Å²) in [4.78, 5) is 28.1. The predicted molar refractivity (Wildman–Crippen MR) is 88.9 cm³/mol. The van der Waals surface area contributed by atoms with Crippen LogP contribution in [0.3, 0.4) is 0 Å². The first kappa shape index (κ1) is 16.8. The number of nitrogens with zero attached hydrogens (tertiary/aromatic N) is 2. The first-order valence-electron chi connectivity index (χ1n) is 8.28. The zero-order valence-corrected chi connectivity index (χ0v) is 14.4. The Morgan fingerprint density at radius 3 is 2.96 bits per heavy atom. The van der Waals surface area contributed by atoms with Crippen LogP contribution in [0.1, 0.15) is 17.5 Å². The lowest BCUT2D eigenvalue weighted by molar-refractivity contribution is -0.163. The molecule has 1 aromatic carbocycles. The maximum absolute atomic E-state index is 12.7. The third-order valence-corrected chi connectivity index (χ3v) is 4.96. The molecule has 3 rings (SSSR count). The fourth-order valence-corrected chi connectivity index (χ4v) is 3.49. The van der Waals surface area contributed by atoms with Crippen molar-refractivity contribution in [2.45, 2.75) is 31.9 Å². The molecule has 6 heteroatoms. The van der Waals surface area contributed by atoms with E-state index in [2.05, 4.69) is 0 Å². The average molecular weight is 332 g/mol. The Bertz CT molecular complexity index is 646. The number of benzene rings is 1. The van der Waals surface area contributed by atoms with E-state index >= 15 is 0 Å². The summed E-state index contributed by atoms with van der Waals surface area (Å²) in [7, 11) is 3.41. The van der Waals surface area contributed by atoms with E-state index in [-0.39, 0.29) is 30.6 Å². The van der Waals surface area contributed by atoms with Gasteiger partial charge in [-0.15, -0.1) is 0 Å². The molecule has 2 saturated heterocycles. The Labute approximate surface area is 142 Å². The molecule has 2 heterocycles. The number of likely N-dealkylation sites (N-methyl/N-ethyl adjacent to an activating group) is 1. The van der Waals surface area contributed by atoms with E-state index in [0.717, 1.165) is 23.3 Å². The number of carbonyl (C=O) groups is 2. The SMILES string of the molecule is COc1ccc(C)cc1CC(=O)N1CC[C@H]2OCC(=O)N(C)[C@H]2C1. The molecule has 2 amide bonds. The molecule has 24 heavy (non-hydrogen) atoms. The molecule has 2 atom stereocenters. The second kappa shape index (κ2) is 6.81. The van der Waals surface area contributed by atoms with E-state index in [1.54, 1.807) is 19.1 Å². The molecule has 2 fully saturated rings. The van der Waals surface area contributed by atoms with Crippen molar-refractivity contribution in [3.05, 3.63) is 29.3 Å². The Morgan fingerprint density at radius 1 is 1.42 bits per heavy atom. The molecular weight excluding hydrogens is 308 g/mol. The molecule has 2 aliphatic heterocycles. The minimum Gasteiger partial charge on any atom is -0.496 e. The standard InChI is InChI=1S/C18H24N2O4/c1-12-4-5-15(23-3)13(8-12)9-17(21)20-7-6-16-14(10-20)19(2)18(22)11-24-16/h4-5,8,14,16H,6-7,9-11H2,1-3H3/t14-,16+/m0/s1. The molecule has 130 valence electrons. The number of hydrogen-bond acceptors (Lipinski definition) is 4. The van der Waals surface area contributed by atoms with Gasteiger partial charge in [0, 0.05) is 25.7 Å². The number of rotatable bonds is 3. The second-order valence-corrected chi connectivity index (χ2v) is 6.54. The van der Waals surface area contributed by atoms with Gasteiger partial charge >= 0.3 is 0 Å². The highest BCUT2D eigenvalue weighted by atomic mass is 16.5. The summed E-state index contributed by atoms with van der Waals surface area (Å²) in [5, 5.41) is 0. The van der Waals surface area contributed by atoms with E-state index in [4.69, 9.17) is 9.47 Å². The second-order valence-electron chi connectivity index (χ2n) is 6.54. The normalized spacial score (nSPS) is 23.9. The van der Waals surface area contributed by atoms with Crippen LogP contribution in [0.5, 0.6) is 5.75 Å². The summed E-state index contributed by atoms with van der Waals surface area (Å²) in [5.41, 5.74) is 2.00. The molecule has 0 spiro atoms. The van der Waals surface area contributed by atoms with Gasteiger partial charge in [0.15, 0.2) is 0 Å². The smallest absolute Gasteiger partial charge is 0.248 e. The number of morpholine rings is 1. The molecular formula is C18H24N2O4. The largest absolute Gasteiger partial charge is 0.496 e. The van der Waals surface area contributed by atoms with Crippen LogP contribution in [0.25, 0.3) is 0 Å². The summed E-state index contributed by atoms with van der Waals surface area (Å²) in [6, 6.07) is 5.80. The van der Waals surface area contributed by atoms with Crippen molar-refractivity contribution in [1.29, 1.82) is 0 Å². The Kier molecular flexibility index (Phi) is 4.76. The van der Waals surface area contributed by atoms with E-state index < -0.39 is 0 Å². The number of piperidine rings is 1. The van der Waals surface area contributed by atoms with Gasteiger partial charge in [-0.05, 0) is 19.4 Å². The maximum Gasteiger partial charge on any atom is 0.248 e. The van der Waals surface area contributed by atoms with Crippen LogP contribution in [0, 0.1) is 6.92 Å². The Balaban J connectivity index is 1.70. The van der Waals surface area contributed by atoms with Crippen LogP contribution in [0.15, 0.2) is 18.2 Å². The number of hydrogen-bond donors (Lipinski definition) is 0. The van der Waals surface area contributed by atoms with E-state index in [1.807, 2.05) is 30.0 Å². The van der Waals surface area contributed by atoms with Crippen molar-refractivity contribution < 1.29 is 19.1 Å². The highest BCUT2D eigenvalue weighted by Crippen LogP contribution is 2.25. The highest BCUT2D eigenvalue weighted by molar-refractivity contribution is 5.81. The molecule has 0 unspecified atom stereocenters. The topological polar surface area (TPSA) is 59.1 Å². The third-order valence-electron chi connectivity index (χ3n) is 4.96. The number of methoxy groups -OCH3 is 1. The number of fused-ring (bicyclic) bond motifs is 1. The van der Waals surface area contributed by atoms with Crippen molar-refractivity contribution in [2.75, 3.05) is 33.9 Å². The van der Waals surface area contributed by atoms with E-state index in [9.17, 15) is 9.59 Å². The van der Waals surface area contributed by atoms with Crippen molar-refractivity contribution in [1.82, 2.24) is 9.80 Å². The summed E-state index contributed by atoms with van der Waals surface area (Å²) in [5.74, 6) is 0.770. The number of ether oxygens (including phenoxy) is 2. The van der Waals surface area contributed by atoms with Crippen LogP contribution in [-0.2, 0) is 20.7 Å². The number of amides is 2. The van der Waals surface area contributed by atoms with Gasteiger partial charge < -0.3 is 19.3 Å². The predicted octanol–water partition coefficient (Wildman–Crippen LogP) is 1.00. The van der Waals surface area contributed by atoms with Gasteiger partial charge in [-0.1, -0.05) is 17.7 Å². The minimum absolute atomic E-state index is 0.0223. The first-order chi connectivity index (χ1) is 11.5. The van der Waals surface area contributed by atoms with Gasteiger partial charge in [0.2, 0.25) is 11.8 Å². The molecule has 1 aromatic rings. The van der Waals surface area contributed by atoms with Gasteiger partial charge in [0.05, 0.1) is 25.7 Å². The lowest BCUT2D eigenvalue weighted by atomic mass is 9.98. The van der Waals surface area contributed by atoms with Crippen LogP contribution in [0.4, 0.5) is 0 Å². The van der Waals surface area contributed by atoms with Crippen molar-refractivity contribution in [3.63, 3.8) is 0 Å². The third kappa shape index (κ3) is 3.24. The van der Waals surface area contributed by atoms with Gasteiger partial charge in [-0.3, -0.25) is 9.59 Å². The number of carbonyl (C=O) groups excluding carboxylic acids is 2. The van der Waals surface area contributed by atoms with E-state index in [0.29, 0.717) is 19.5 Å².